The molecule has 0 unspecified atom stereocenters. The van der Waals surface area contributed by atoms with E-state index in [9.17, 15) is 5.11 Å². The van der Waals surface area contributed by atoms with E-state index in [1.54, 1.807) is 6.07 Å². The quantitative estimate of drug-likeness (QED) is 0.889. The maximum atomic E-state index is 9.50. The SMILES string of the molecule is CC(C)N(C)CCc1cccc2cc(O)ccc12. The van der Waals surface area contributed by atoms with Crippen molar-refractivity contribution in [3.8, 4) is 5.75 Å². The van der Waals surface area contributed by atoms with Gasteiger partial charge in [-0.1, -0.05) is 24.3 Å². The molecule has 0 amide bonds. The van der Waals surface area contributed by atoms with Crippen molar-refractivity contribution in [1.82, 2.24) is 4.90 Å². The number of phenols is 1. The van der Waals surface area contributed by atoms with Crippen LogP contribution in [-0.2, 0) is 6.42 Å². The Morgan fingerprint density at radius 3 is 2.67 bits per heavy atom. The van der Waals surface area contributed by atoms with E-state index in [-0.39, 0.29) is 0 Å². The number of rotatable bonds is 4. The molecule has 0 fully saturated rings. The molecule has 96 valence electrons. The molecule has 2 heteroatoms. The third-order valence-electron chi connectivity index (χ3n) is 3.57. The summed E-state index contributed by atoms with van der Waals surface area (Å²) < 4.78 is 0. The van der Waals surface area contributed by atoms with Crippen LogP contribution in [-0.4, -0.2) is 29.6 Å². The Hall–Kier alpha value is -1.54. The summed E-state index contributed by atoms with van der Waals surface area (Å²) >= 11 is 0. The first-order chi connectivity index (χ1) is 8.58. The van der Waals surface area contributed by atoms with Crippen LogP contribution in [0, 0.1) is 0 Å². The Balaban J connectivity index is 2.23. The molecule has 0 radical (unpaired) electrons. The minimum atomic E-state index is 0.332. The van der Waals surface area contributed by atoms with Crippen LogP contribution in [0.15, 0.2) is 36.4 Å². The summed E-state index contributed by atoms with van der Waals surface area (Å²) in [7, 11) is 2.15. The van der Waals surface area contributed by atoms with Crippen LogP contribution >= 0.6 is 0 Å². The van der Waals surface area contributed by atoms with Gasteiger partial charge in [0, 0.05) is 12.6 Å². The van der Waals surface area contributed by atoms with E-state index in [0.717, 1.165) is 18.4 Å². The highest BCUT2D eigenvalue weighted by molar-refractivity contribution is 5.86. The summed E-state index contributed by atoms with van der Waals surface area (Å²) in [6.07, 6.45) is 1.04. The van der Waals surface area contributed by atoms with E-state index in [4.69, 9.17) is 0 Å². The van der Waals surface area contributed by atoms with E-state index in [1.165, 1.54) is 10.9 Å². The number of fused-ring (bicyclic) bond motifs is 1. The third kappa shape index (κ3) is 2.82. The number of hydrogen-bond acceptors (Lipinski definition) is 2. The average molecular weight is 243 g/mol. The largest absolute Gasteiger partial charge is 0.508 e. The number of hydrogen-bond donors (Lipinski definition) is 1. The summed E-state index contributed by atoms with van der Waals surface area (Å²) in [6, 6.07) is 12.5. The minimum absolute atomic E-state index is 0.332. The van der Waals surface area contributed by atoms with Gasteiger partial charge in [0.2, 0.25) is 0 Å². The van der Waals surface area contributed by atoms with Gasteiger partial charge < -0.3 is 10.0 Å². The van der Waals surface area contributed by atoms with E-state index in [2.05, 4.69) is 37.9 Å². The molecule has 0 aliphatic carbocycles. The van der Waals surface area contributed by atoms with Gasteiger partial charge in [0.25, 0.3) is 0 Å². The van der Waals surface area contributed by atoms with Crippen LogP contribution in [0.1, 0.15) is 19.4 Å². The normalized spacial score (nSPS) is 11.6. The smallest absolute Gasteiger partial charge is 0.116 e. The second-order valence-electron chi connectivity index (χ2n) is 5.15. The van der Waals surface area contributed by atoms with Crippen molar-refractivity contribution in [2.75, 3.05) is 13.6 Å². The molecule has 0 aromatic heterocycles. The Morgan fingerprint density at radius 1 is 1.17 bits per heavy atom. The first-order valence-corrected chi connectivity index (χ1v) is 6.49. The van der Waals surface area contributed by atoms with Crippen LogP contribution in [0.5, 0.6) is 5.75 Å². The first-order valence-electron chi connectivity index (χ1n) is 6.49. The molecule has 1 N–H and O–H groups in total. The van der Waals surface area contributed by atoms with Crippen molar-refractivity contribution in [1.29, 1.82) is 0 Å². The number of benzene rings is 2. The van der Waals surface area contributed by atoms with Crippen LogP contribution < -0.4 is 0 Å². The Morgan fingerprint density at radius 2 is 1.94 bits per heavy atom. The van der Waals surface area contributed by atoms with Gasteiger partial charge in [-0.25, -0.2) is 0 Å². The molecule has 2 nitrogen and oxygen atoms in total. The van der Waals surface area contributed by atoms with Crippen LogP contribution in [0.2, 0.25) is 0 Å². The molecule has 0 aliphatic heterocycles. The zero-order valence-corrected chi connectivity index (χ0v) is 11.4. The lowest BCUT2D eigenvalue weighted by molar-refractivity contribution is 0.278. The van der Waals surface area contributed by atoms with Crippen molar-refractivity contribution in [2.24, 2.45) is 0 Å². The fourth-order valence-corrected chi connectivity index (χ4v) is 2.11. The highest BCUT2D eigenvalue weighted by Gasteiger charge is 2.06. The lowest BCUT2D eigenvalue weighted by Gasteiger charge is -2.21. The van der Waals surface area contributed by atoms with E-state index in [1.807, 2.05) is 18.2 Å². The molecule has 0 heterocycles. The Labute approximate surface area is 109 Å². The highest BCUT2D eigenvalue weighted by atomic mass is 16.3. The number of phenolic OH excluding ortho intramolecular Hbond substituents is 1. The molecule has 18 heavy (non-hydrogen) atoms. The predicted molar refractivity (Wildman–Crippen MR) is 77.1 cm³/mol. The maximum absolute atomic E-state index is 9.50. The van der Waals surface area contributed by atoms with Gasteiger partial charge in [0.15, 0.2) is 0 Å². The third-order valence-corrected chi connectivity index (χ3v) is 3.57. The summed E-state index contributed by atoms with van der Waals surface area (Å²) in [6.45, 7) is 5.47. The molecular weight excluding hydrogens is 222 g/mol. The number of likely N-dealkylation sites (N-methyl/N-ethyl adjacent to an activating group) is 1. The lowest BCUT2D eigenvalue weighted by atomic mass is 10.0. The van der Waals surface area contributed by atoms with Crippen molar-refractivity contribution < 1.29 is 5.11 Å². The molecule has 0 saturated heterocycles. The zero-order chi connectivity index (χ0) is 13.1. The van der Waals surface area contributed by atoms with Crippen molar-refractivity contribution >= 4 is 10.8 Å². The number of nitrogens with zero attached hydrogens (tertiary/aromatic N) is 1. The van der Waals surface area contributed by atoms with Gasteiger partial charge in [-0.05, 0) is 55.8 Å². The van der Waals surface area contributed by atoms with Crippen molar-refractivity contribution in [3.05, 3.63) is 42.0 Å². The van der Waals surface area contributed by atoms with Crippen molar-refractivity contribution in [2.45, 2.75) is 26.3 Å². The monoisotopic (exact) mass is 243 g/mol. The summed E-state index contributed by atoms with van der Waals surface area (Å²) in [5.74, 6) is 0.332. The summed E-state index contributed by atoms with van der Waals surface area (Å²) in [5.41, 5.74) is 1.35. The summed E-state index contributed by atoms with van der Waals surface area (Å²) in [4.78, 5) is 2.35. The second-order valence-corrected chi connectivity index (χ2v) is 5.15. The topological polar surface area (TPSA) is 23.5 Å². The lowest BCUT2D eigenvalue weighted by Crippen LogP contribution is -2.28. The van der Waals surface area contributed by atoms with Crippen LogP contribution in [0.4, 0.5) is 0 Å². The number of aromatic hydroxyl groups is 1. The van der Waals surface area contributed by atoms with Gasteiger partial charge in [0.1, 0.15) is 5.75 Å². The molecule has 0 spiro atoms. The Bertz CT molecular complexity index is 534. The van der Waals surface area contributed by atoms with Gasteiger partial charge in [-0.2, -0.15) is 0 Å². The molecule has 2 rings (SSSR count). The fourth-order valence-electron chi connectivity index (χ4n) is 2.11. The van der Waals surface area contributed by atoms with Crippen LogP contribution in [0.25, 0.3) is 10.8 Å². The molecular formula is C16H21NO. The molecule has 0 atom stereocenters. The summed E-state index contributed by atoms with van der Waals surface area (Å²) in [5, 5.41) is 11.9. The van der Waals surface area contributed by atoms with E-state index in [0.29, 0.717) is 11.8 Å². The molecule has 2 aromatic carbocycles. The predicted octanol–water partition coefficient (Wildman–Crippen LogP) is 3.43. The molecule has 0 bridgehead atoms. The zero-order valence-electron chi connectivity index (χ0n) is 11.4. The molecule has 0 aliphatic rings. The average Bonchev–Trinajstić information content (AvgIpc) is 2.35. The van der Waals surface area contributed by atoms with Crippen LogP contribution in [0.3, 0.4) is 0 Å². The standard InChI is InChI=1S/C16H21NO/c1-12(2)17(3)10-9-13-5-4-6-14-11-15(18)7-8-16(13)14/h4-8,11-12,18H,9-10H2,1-3H3. The van der Waals surface area contributed by atoms with Crippen molar-refractivity contribution in [3.63, 3.8) is 0 Å². The minimum Gasteiger partial charge on any atom is -0.508 e. The van der Waals surface area contributed by atoms with E-state index >= 15 is 0 Å². The van der Waals surface area contributed by atoms with Gasteiger partial charge in [-0.15, -0.1) is 0 Å². The van der Waals surface area contributed by atoms with Gasteiger partial charge in [0.05, 0.1) is 0 Å². The van der Waals surface area contributed by atoms with Gasteiger partial charge >= 0.3 is 0 Å². The fraction of sp³-hybridized carbons (Fsp3) is 0.375. The Kier molecular flexibility index (Phi) is 3.87. The first kappa shape index (κ1) is 12.9. The molecule has 0 saturated carbocycles. The van der Waals surface area contributed by atoms with E-state index < -0.39 is 0 Å². The maximum Gasteiger partial charge on any atom is 0.116 e. The van der Waals surface area contributed by atoms with Gasteiger partial charge in [-0.3, -0.25) is 0 Å². The highest BCUT2D eigenvalue weighted by Crippen LogP contribution is 2.23. The second kappa shape index (κ2) is 5.40. The molecule has 2 aromatic rings.